The fourth-order valence-electron chi connectivity index (χ4n) is 3.02. The molecule has 0 saturated carbocycles. The largest absolute Gasteiger partial charge is 0.495 e. The second-order valence-corrected chi connectivity index (χ2v) is 6.76. The molecule has 30 heavy (non-hydrogen) atoms. The summed E-state index contributed by atoms with van der Waals surface area (Å²) in [6.45, 7) is 3.85. The minimum absolute atomic E-state index is 0.260. The molecule has 154 valence electrons. The zero-order valence-corrected chi connectivity index (χ0v) is 17.4. The van der Waals surface area contributed by atoms with E-state index in [0.717, 1.165) is 17.0 Å². The molecule has 0 aliphatic heterocycles. The number of nitrogens with zero attached hydrogens (tertiary/aromatic N) is 2. The molecule has 1 aromatic heterocycles. The summed E-state index contributed by atoms with van der Waals surface area (Å²) in [4.78, 5) is 24.7. The van der Waals surface area contributed by atoms with Gasteiger partial charge in [0, 0.05) is 35.6 Å². The van der Waals surface area contributed by atoms with Crippen LogP contribution in [-0.2, 0) is 11.8 Å². The van der Waals surface area contributed by atoms with Crippen LogP contribution in [0.5, 0.6) is 5.75 Å². The van der Waals surface area contributed by atoms with Crippen molar-refractivity contribution in [3.63, 3.8) is 0 Å². The van der Waals surface area contributed by atoms with Crippen molar-refractivity contribution in [2.24, 2.45) is 7.05 Å². The molecule has 2 amide bonds. The van der Waals surface area contributed by atoms with Crippen LogP contribution in [-0.4, -0.2) is 28.7 Å². The topological polar surface area (TPSA) is 85.2 Å². The Balaban J connectivity index is 1.63. The van der Waals surface area contributed by atoms with Gasteiger partial charge in [-0.05, 0) is 56.3 Å². The van der Waals surface area contributed by atoms with E-state index < -0.39 is 0 Å². The van der Waals surface area contributed by atoms with Gasteiger partial charge in [0.25, 0.3) is 5.91 Å². The van der Waals surface area contributed by atoms with E-state index in [0.29, 0.717) is 22.7 Å². The van der Waals surface area contributed by atoms with Crippen LogP contribution in [0.4, 0.5) is 11.4 Å². The lowest BCUT2D eigenvalue weighted by atomic mass is 10.1. The molecule has 0 bridgehead atoms. The van der Waals surface area contributed by atoms with E-state index in [1.165, 1.54) is 6.08 Å². The number of hydrogen-bond acceptors (Lipinski definition) is 4. The van der Waals surface area contributed by atoms with Crippen LogP contribution >= 0.6 is 0 Å². The Hall–Kier alpha value is -3.87. The number of carbonyl (C=O) groups excluding carboxylic acids is 2. The minimum Gasteiger partial charge on any atom is -0.495 e. The molecule has 3 rings (SSSR count). The van der Waals surface area contributed by atoms with Crippen molar-refractivity contribution in [1.82, 2.24) is 9.78 Å². The van der Waals surface area contributed by atoms with Gasteiger partial charge >= 0.3 is 0 Å². The van der Waals surface area contributed by atoms with Crippen molar-refractivity contribution < 1.29 is 14.3 Å². The predicted octanol–water partition coefficient (Wildman–Crippen LogP) is 3.95. The maximum Gasteiger partial charge on any atom is 0.255 e. The van der Waals surface area contributed by atoms with E-state index in [1.54, 1.807) is 54.3 Å². The van der Waals surface area contributed by atoms with Crippen molar-refractivity contribution in [1.29, 1.82) is 0 Å². The Kier molecular flexibility index (Phi) is 6.32. The highest BCUT2D eigenvalue weighted by atomic mass is 16.5. The maximum atomic E-state index is 12.5. The Morgan fingerprint density at radius 3 is 2.37 bits per heavy atom. The van der Waals surface area contributed by atoms with Crippen LogP contribution in [0.2, 0.25) is 0 Å². The van der Waals surface area contributed by atoms with Crippen molar-refractivity contribution >= 4 is 29.3 Å². The molecule has 0 unspecified atom stereocenters. The number of nitrogens with one attached hydrogen (secondary N) is 2. The molecule has 2 aromatic carbocycles. The van der Waals surface area contributed by atoms with Gasteiger partial charge in [-0.1, -0.05) is 12.1 Å². The van der Waals surface area contributed by atoms with Crippen LogP contribution in [0.15, 0.2) is 54.6 Å². The van der Waals surface area contributed by atoms with Crippen LogP contribution in [0.25, 0.3) is 6.08 Å². The Morgan fingerprint density at radius 1 is 1.03 bits per heavy atom. The molecule has 0 spiro atoms. The summed E-state index contributed by atoms with van der Waals surface area (Å²) >= 11 is 0. The molecule has 0 aliphatic rings. The van der Waals surface area contributed by atoms with E-state index in [4.69, 9.17) is 4.74 Å². The second kappa shape index (κ2) is 9.09. The molecule has 2 N–H and O–H groups in total. The Labute approximate surface area is 175 Å². The van der Waals surface area contributed by atoms with Crippen molar-refractivity contribution in [2.45, 2.75) is 13.8 Å². The number of benzene rings is 2. The van der Waals surface area contributed by atoms with Gasteiger partial charge in [-0.25, -0.2) is 0 Å². The SMILES string of the molecule is COc1ccccc1NC(=O)c1ccc(NC(=O)/C=C/c2c(C)nn(C)c2C)cc1. The molecule has 7 nitrogen and oxygen atoms in total. The molecule has 0 saturated heterocycles. The van der Waals surface area contributed by atoms with Crippen LogP contribution in [0.1, 0.15) is 27.3 Å². The number of rotatable bonds is 6. The molecule has 1 heterocycles. The summed E-state index contributed by atoms with van der Waals surface area (Å²) in [5.74, 6) is 0.0595. The van der Waals surface area contributed by atoms with Gasteiger partial charge in [0.1, 0.15) is 5.75 Å². The third-order valence-corrected chi connectivity index (χ3v) is 4.74. The van der Waals surface area contributed by atoms with Crippen LogP contribution in [0, 0.1) is 13.8 Å². The lowest BCUT2D eigenvalue weighted by Gasteiger charge is -2.10. The fraction of sp³-hybridized carbons (Fsp3) is 0.174. The molecule has 0 radical (unpaired) electrons. The average molecular weight is 404 g/mol. The smallest absolute Gasteiger partial charge is 0.255 e. The molecular formula is C23H24N4O3. The highest BCUT2D eigenvalue weighted by Gasteiger charge is 2.10. The van der Waals surface area contributed by atoms with E-state index >= 15 is 0 Å². The van der Waals surface area contributed by atoms with Gasteiger partial charge in [0.2, 0.25) is 5.91 Å². The molecule has 0 fully saturated rings. The first-order valence-corrected chi connectivity index (χ1v) is 9.42. The lowest BCUT2D eigenvalue weighted by Crippen LogP contribution is -2.13. The highest BCUT2D eigenvalue weighted by Crippen LogP contribution is 2.24. The Bertz CT molecular complexity index is 1100. The van der Waals surface area contributed by atoms with Crippen molar-refractivity contribution in [2.75, 3.05) is 17.7 Å². The minimum atomic E-state index is -0.264. The van der Waals surface area contributed by atoms with E-state index in [2.05, 4.69) is 15.7 Å². The maximum absolute atomic E-state index is 12.5. The first kappa shape index (κ1) is 20.9. The third-order valence-electron chi connectivity index (χ3n) is 4.74. The first-order chi connectivity index (χ1) is 14.4. The van der Waals surface area contributed by atoms with Gasteiger partial charge in [0.05, 0.1) is 18.5 Å². The molecule has 0 atom stereocenters. The predicted molar refractivity (Wildman–Crippen MR) is 118 cm³/mol. The molecule has 3 aromatic rings. The average Bonchev–Trinajstić information content (AvgIpc) is 2.98. The van der Waals surface area contributed by atoms with E-state index in [1.807, 2.05) is 33.0 Å². The molecular weight excluding hydrogens is 380 g/mol. The number of hydrogen-bond donors (Lipinski definition) is 2. The van der Waals surface area contributed by atoms with Crippen LogP contribution < -0.4 is 15.4 Å². The number of aromatic nitrogens is 2. The first-order valence-electron chi connectivity index (χ1n) is 9.42. The summed E-state index contributed by atoms with van der Waals surface area (Å²) in [7, 11) is 3.42. The van der Waals surface area contributed by atoms with Gasteiger partial charge < -0.3 is 15.4 Å². The number of anilines is 2. The Morgan fingerprint density at radius 2 is 1.73 bits per heavy atom. The number of aryl methyl sites for hydroxylation is 2. The lowest BCUT2D eigenvalue weighted by molar-refractivity contribution is -0.111. The zero-order valence-electron chi connectivity index (χ0n) is 17.4. The summed E-state index contributed by atoms with van der Waals surface area (Å²) in [5.41, 5.74) is 4.44. The van der Waals surface area contributed by atoms with E-state index in [9.17, 15) is 9.59 Å². The summed E-state index contributed by atoms with van der Waals surface area (Å²) in [6.07, 6.45) is 3.22. The van der Waals surface area contributed by atoms with Gasteiger partial charge in [-0.3, -0.25) is 14.3 Å². The number of amides is 2. The summed E-state index contributed by atoms with van der Waals surface area (Å²) < 4.78 is 7.02. The van der Waals surface area contributed by atoms with Gasteiger partial charge in [0.15, 0.2) is 0 Å². The van der Waals surface area contributed by atoms with Crippen molar-refractivity contribution in [3.8, 4) is 5.75 Å². The quantitative estimate of drug-likeness (QED) is 0.609. The normalized spacial score (nSPS) is 10.8. The molecule has 0 aliphatic carbocycles. The number of carbonyl (C=O) groups is 2. The summed E-state index contributed by atoms with van der Waals surface area (Å²) in [6, 6.07) is 13.9. The zero-order chi connectivity index (χ0) is 21.7. The third kappa shape index (κ3) is 4.75. The fourth-order valence-corrected chi connectivity index (χ4v) is 3.02. The standard InChI is InChI=1S/C23H24N4O3/c1-15-19(16(2)27(3)26-15)13-14-22(28)24-18-11-9-17(10-12-18)23(29)25-20-7-5-6-8-21(20)30-4/h5-14H,1-4H3,(H,24,28)(H,25,29)/b14-13+. The number of ether oxygens (including phenoxy) is 1. The van der Waals surface area contributed by atoms with Gasteiger partial charge in [-0.15, -0.1) is 0 Å². The monoisotopic (exact) mass is 404 g/mol. The van der Waals surface area contributed by atoms with Crippen molar-refractivity contribution in [3.05, 3.63) is 77.1 Å². The number of methoxy groups -OCH3 is 1. The second-order valence-electron chi connectivity index (χ2n) is 6.76. The van der Waals surface area contributed by atoms with Gasteiger partial charge in [-0.2, -0.15) is 5.10 Å². The number of para-hydroxylation sites is 2. The molecule has 7 heteroatoms. The van der Waals surface area contributed by atoms with Crippen LogP contribution in [0.3, 0.4) is 0 Å². The van der Waals surface area contributed by atoms with E-state index in [-0.39, 0.29) is 11.8 Å². The summed E-state index contributed by atoms with van der Waals surface area (Å²) in [5, 5.41) is 9.93. The highest BCUT2D eigenvalue weighted by molar-refractivity contribution is 6.06.